The number of ether oxygens (including phenoxy) is 5. The number of pyridine rings is 1. The third-order valence-electron chi connectivity index (χ3n) is 5.81. The Hall–Kier alpha value is -5.06. The number of nitrogens with one attached hydrogen (secondary N) is 2. The van der Waals surface area contributed by atoms with Gasteiger partial charge in [-0.05, 0) is 35.9 Å². The van der Waals surface area contributed by atoms with Crippen molar-refractivity contribution in [2.24, 2.45) is 0 Å². The minimum Gasteiger partial charge on any atom is -0.492 e. The van der Waals surface area contributed by atoms with Gasteiger partial charge >= 0.3 is 0 Å². The first-order chi connectivity index (χ1) is 19.1. The molecule has 0 aliphatic carbocycles. The number of aromatic nitrogens is 3. The molecule has 4 aromatic rings. The molecular weight excluding hydrogens is 502 g/mol. The standard InChI is InChI=1S/C28H27N5O6/c1-35-24-11-9-20(27(32-24)36-2)25-21(26(34)29-12-13-37-19-6-4-3-5-7-19)16-31-28(33-25)30-15-18-8-10-22-23(14-18)39-17-38-22/h3-11,14,16H,12-13,15,17H2,1-2H3,(H,29,34)(H,30,31,33). The number of carbonyl (C=O) groups excluding carboxylic acids is 1. The van der Waals surface area contributed by atoms with Crippen molar-refractivity contribution in [1.82, 2.24) is 20.3 Å². The Labute approximate surface area is 225 Å². The molecule has 0 saturated heterocycles. The van der Waals surface area contributed by atoms with Crippen molar-refractivity contribution in [3.63, 3.8) is 0 Å². The zero-order valence-corrected chi connectivity index (χ0v) is 21.5. The van der Waals surface area contributed by atoms with Crippen molar-refractivity contribution in [3.05, 3.63) is 78.0 Å². The second-order valence-electron chi connectivity index (χ2n) is 8.32. The van der Waals surface area contributed by atoms with Gasteiger partial charge in [0.05, 0.1) is 37.6 Å². The van der Waals surface area contributed by atoms with E-state index < -0.39 is 0 Å². The van der Waals surface area contributed by atoms with Crippen LogP contribution in [0.4, 0.5) is 5.95 Å². The zero-order chi connectivity index (χ0) is 27.0. The van der Waals surface area contributed by atoms with Crippen LogP contribution in [0.3, 0.4) is 0 Å². The number of para-hydroxylation sites is 1. The lowest BCUT2D eigenvalue weighted by Gasteiger charge is -2.14. The van der Waals surface area contributed by atoms with Crippen LogP contribution in [0.15, 0.2) is 66.9 Å². The van der Waals surface area contributed by atoms with Gasteiger partial charge in [0.2, 0.25) is 24.5 Å². The topological polar surface area (TPSA) is 126 Å². The van der Waals surface area contributed by atoms with Gasteiger partial charge in [-0.25, -0.2) is 9.97 Å². The summed E-state index contributed by atoms with van der Waals surface area (Å²) in [6.45, 7) is 1.22. The monoisotopic (exact) mass is 529 g/mol. The Kier molecular flexibility index (Phi) is 7.87. The lowest BCUT2D eigenvalue weighted by atomic mass is 10.1. The number of hydrogen-bond acceptors (Lipinski definition) is 10. The van der Waals surface area contributed by atoms with Crippen LogP contribution < -0.4 is 34.3 Å². The van der Waals surface area contributed by atoms with E-state index in [1.165, 1.54) is 20.4 Å². The molecule has 0 radical (unpaired) electrons. The zero-order valence-electron chi connectivity index (χ0n) is 21.5. The molecule has 0 unspecified atom stereocenters. The molecule has 1 aliphatic heterocycles. The molecule has 3 heterocycles. The SMILES string of the molecule is COc1ccc(-c2nc(NCc3ccc4c(c3)OCO4)ncc2C(=O)NCCOc2ccccc2)c(OC)n1. The third-order valence-corrected chi connectivity index (χ3v) is 5.81. The third kappa shape index (κ3) is 6.09. The maximum absolute atomic E-state index is 13.2. The summed E-state index contributed by atoms with van der Waals surface area (Å²) in [5.41, 5.74) is 2.08. The number of anilines is 1. The molecule has 11 nitrogen and oxygen atoms in total. The predicted octanol–water partition coefficient (Wildman–Crippen LogP) is 3.71. The highest BCUT2D eigenvalue weighted by Crippen LogP contribution is 2.33. The average Bonchev–Trinajstić information content (AvgIpc) is 3.46. The fraction of sp³-hybridized carbons (Fsp3) is 0.214. The summed E-state index contributed by atoms with van der Waals surface area (Å²) in [4.78, 5) is 26.6. The molecule has 5 rings (SSSR count). The number of nitrogens with zero attached hydrogens (tertiary/aromatic N) is 3. The van der Waals surface area contributed by atoms with Crippen molar-refractivity contribution >= 4 is 11.9 Å². The van der Waals surface area contributed by atoms with E-state index in [9.17, 15) is 4.79 Å². The van der Waals surface area contributed by atoms with Gasteiger partial charge < -0.3 is 34.3 Å². The van der Waals surface area contributed by atoms with Crippen LogP contribution >= 0.6 is 0 Å². The van der Waals surface area contributed by atoms with Gasteiger partial charge in [0.15, 0.2) is 11.5 Å². The number of rotatable bonds is 11. The Morgan fingerprint density at radius 3 is 2.64 bits per heavy atom. The lowest BCUT2D eigenvalue weighted by molar-refractivity contribution is 0.0947. The van der Waals surface area contributed by atoms with Crippen LogP contribution in [0.5, 0.6) is 29.0 Å². The second-order valence-corrected chi connectivity index (χ2v) is 8.32. The molecule has 2 aromatic heterocycles. The maximum Gasteiger partial charge on any atom is 0.255 e. The van der Waals surface area contributed by atoms with E-state index in [0.29, 0.717) is 47.7 Å². The fourth-order valence-electron chi connectivity index (χ4n) is 3.89. The number of benzene rings is 2. The van der Waals surface area contributed by atoms with E-state index in [4.69, 9.17) is 23.7 Å². The van der Waals surface area contributed by atoms with Crippen LogP contribution in [0, 0.1) is 0 Å². The number of fused-ring (bicyclic) bond motifs is 1. The predicted molar refractivity (Wildman–Crippen MR) is 143 cm³/mol. The molecule has 1 aliphatic rings. The number of methoxy groups -OCH3 is 2. The molecule has 0 saturated carbocycles. The Balaban J connectivity index is 1.36. The molecule has 200 valence electrons. The molecule has 0 spiro atoms. The summed E-state index contributed by atoms with van der Waals surface area (Å²) in [5, 5.41) is 6.07. The quantitative estimate of drug-likeness (QED) is 0.278. The summed E-state index contributed by atoms with van der Waals surface area (Å²) in [6, 6.07) is 18.5. The van der Waals surface area contributed by atoms with Gasteiger partial charge in [0, 0.05) is 18.8 Å². The maximum atomic E-state index is 13.2. The van der Waals surface area contributed by atoms with Crippen molar-refractivity contribution in [1.29, 1.82) is 0 Å². The largest absolute Gasteiger partial charge is 0.492 e. The molecule has 0 fully saturated rings. The molecule has 0 bridgehead atoms. The van der Waals surface area contributed by atoms with Gasteiger partial charge in [-0.15, -0.1) is 0 Å². The summed E-state index contributed by atoms with van der Waals surface area (Å²) in [6.07, 6.45) is 1.47. The van der Waals surface area contributed by atoms with Gasteiger partial charge in [-0.1, -0.05) is 24.3 Å². The first kappa shape index (κ1) is 25.6. The van der Waals surface area contributed by atoms with E-state index in [1.807, 2.05) is 48.5 Å². The Bertz CT molecular complexity index is 1450. The summed E-state index contributed by atoms with van der Waals surface area (Å²) < 4.78 is 27.2. The summed E-state index contributed by atoms with van der Waals surface area (Å²) in [7, 11) is 3.01. The van der Waals surface area contributed by atoms with Crippen molar-refractivity contribution in [3.8, 4) is 40.3 Å². The smallest absolute Gasteiger partial charge is 0.255 e. The molecule has 11 heteroatoms. The minimum absolute atomic E-state index is 0.207. The van der Waals surface area contributed by atoms with Gasteiger partial charge in [0.1, 0.15) is 12.4 Å². The molecule has 2 N–H and O–H groups in total. The van der Waals surface area contributed by atoms with E-state index in [0.717, 1.165) is 11.3 Å². The Morgan fingerprint density at radius 1 is 0.974 bits per heavy atom. The Morgan fingerprint density at radius 2 is 1.82 bits per heavy atom. The van der Waals surface area contributed by atoms with Crippen molar-refractivity contribution < 1.29 is 28.5 Å². The van der Waals surface area contributed by atoms with E-state index >= 15 is 0 Å². The summed E-state index contributed by atoms with van der Waals surface area (Å²) >= 11 is 0. The van der Waals surface area contributed by atoms with Gasteiger partial charge in [0.25, 0.3) is 5.91 Å². The van der Waals surface area contributed by atoms with E-state index in [2.05, 4.69) is 25.6 Å². The molecular formula is C28H27N5O6. The van der Waals surface area contributed by atoms with Crippen LogP contribution in [0.2, 0.25) is 0 Å². The molecule has 1 amide bonds. The second kappa shape index (κ2) is 12.0. The minimum atomic E-state index is -0.359. The average molecular weight is 530 g/mol. The highest BCUT2D eigenvalue weighted by molar-refractivity contribution is 6.00. The number of amides is 1. The van der Waals surface area contributed by atoms with Crippen LogP contribution in [0.25, 0.3) is 11.3 Å². The van der Waals surface area contributed by atoms with Crippen LogP contribution in [-0.4, -0.2) is 55.0 Å². The van der Waals surface area contributed by atoms with Crippen molar-refractivity contribution in [2.45, 2.75) is 6.54 Å². The van der Waals surface area contributed by atoms with Gasteiger partial charge in [-0.3, -0.25) is 4.79 Å². The number of hydrogen-bond donors (Lipinski definition) is 2. The highest BCUT2D eigenvalue weighted by Gasteiger charge is 2.21. The molecule has 39 heavy (non-hydrogen) atoms. The summed E-state index contributed by atoms with van der Waals surface area (Å²) in [5.74, 6) is 2.72. The lowest BCUT2D eigenvalue weighted by Crippen LogP contribution is -2.29. The van der Waals surface area contributed by atoms with Gasteiger partial charge in [-0.2, -0.15) is 4.98 Å². The fourth-order valence-corrected chi connectivity index (χ4v) is 3.89. The van der Waals surface area contributed by atoms with E-state index in [1.54, 1.807) is 12.1 Å². The van der Waals surface area contributed by atoms with Crippen molar-refractivity contribution in [2.75, 3.05) is 39.5 Å². The first-order valence-corrected chi connectivity index (χ1v) is 12.2. The van der Waals surface area contributed by atoms with Crippen LogP contribution in [0.1, 0.15) is 15.9 Å². The molecule has 0 atom stereocenters. The highest BCUT2D eigenvalue weighted by atomic mass is 16.7. The van der Waals surface area contributed by atoms with Crippen LogP contribution in [-0.2, 0) is 6.54 Å². The number of carbonyl (C=O) groups is 1. The van der Waals surface area contributed by atoms with E-state index in [-0.39, 0.29) is 30.7 Å². The molecule has 2 aromatic carbocycles. The first-order valence-electron chi connectivity index (χ1n) is 12.2. The normalized spacial score (nSPS) is 11.5.